The largest absolute Gasteiger partial charge is 0.409 e. The van der Waals surface area contributed by atoms with Crippen LogP contribution in [0.5, 0.6) is 6.08 Å². The summed E-state index contributed by atoms with van der Waals surface area (Å²) >= 11 is 0. The molecule has 0 amide bonds. The zero-order chi connectivity index (χ0) is 9.26. The Labute approximate surface area is 74.9 Å². The number of rotatable bonds is 1. The van der Waals surface area contributed by atoms with Crippen molar-refractivity contribution in [3.8, 4) is 6.08 Å². The fraction of sp³-hybridized carbons (Fsp3) is 0. The molecular formula is C8H6BNO3. The third kappa shape index (κ3) is 1.54. The molecule has 13 heavy (non-hydrogen) atoms. The van der Waals surface area contributed by atoms with Crippen LogP contribution in [0.1, 0.15) is 0 Å². The monoisotopic (exact) mass is 175 g/mol. The van der Waals surface area contributed by atoms with Gasteiger partial charge in [0.1, 0.15) is 5.52 Å². The Hall–Kier alpha value is -1.78. The predicted octanol–water partition coefficient (Wildman–Crippen LogP) is 0.960. The van der Waals surface area contributed by atoms with Crippen LogP contribution in [0.4, 0.5) is 4.79 Å². The van der Waals surface area contributed by atoms with Gasteiger partial charge in [0, 0.05) is 0 Å². The maximum Gasteiger partial charge on any atom is 0.401 e. The highest BCUT2D eigenvalue weighted by Gasteiger charge is 2.06. The minimum Gasteiger partial charge on any atom is -0.409 e. The molecule has 0 saturated heterocycles. The first-order valence-electron chi connectivity index (χ1n) is 3.80. The number of hydrogen-bond donors (Lipinski definition) is 0. The van der Waals surface area contributed by atoms with Crippen LogP contribution in [-0.4, -0.2) is 18.7 Å². The van der Waals surface area contributed by atoms with Crippen molar-refractivity contribution in [1.82, 2.24) is 4.98 Å². The van der Waals surface area contributed by atoms with Crippen molar-refractivity contribution in [2.45, 2.75) is 0 Å². The molecule has 0 aliphatic carbocycles. The Morgan fingerprint density at radius 2 is 2.23 bits per heavy atom. The topological polar surface area (TPSA) is 52.3 Å². The summed E-state index contributed by atoms with van der Waals surface area (Å²) < 4.78 is 9.81. The summed E-state index contributed by atoms with van der Waals surface area (Å²) in [4.78, 5) is 14.5. The molecule has 2 rings (SSSR count). The normalized spacial score (nSPS) is 10.2. The second-order valence-corrected chi connectivity index (χ2v) is 2.54. The second kappa shape index (κ2) is 2.93. The van der Waals surface area contributed by atoms with Crippen LogP contribution in [0, 0.1) is 0 Å². The molecule has 64 valence electrons. The van der Waals surface area contributed by atoms with E-state index in [4.69, 9.17) is 4.42 Å². The zero-order valence-corrected chi connectivity index (χ0v) is 6.98. The summed E-state index contributed by atoms with van der Waals surface area (Å²) in [5, 5.41) is 0. The van der Waals surface area contributed by atoms with Crippen LogP contribution in [0.3, 0.4) is 0 Å². The average Bonchev–Trinajstić information content (AvgIpc) is 2.44. The van der Waals surface area contributed by atoms with E-state index in [1.807, 2.05) is 12.1 Å². The van der Waals surface area contributed by atoms with E-state index < -0.39 is 5.87 Å². The van der Waals surface area contributed by atoms with Gasteiger partial charge in [-0.15, -0.1) is 0 Å². The first kappa shape index (κ1) is 7.85. The molecule has 1 aromatic carbocycles. The lowest BCUT2D eigenvalue weighted by Crippen LogP contribution is -2.03. The molecule has 0 radical (unpaired) electrons. The molecule has 0 saturated carbocycles. The summed E-state index contributed by atoms with van der Waals surface area (Å²) in [6.07, 6.45) is -0.00583. The third-order valence-electron chi connectivity index (χ3n) is 1.51. The minimum absolute atomic E-state index is 0.00583. The number of aromatic nitrogens is 1. The van der Waals surface area contributed by atoms with Gasteiger partial charge in [-0.05, 0) is 12.1 Å². The molecule has 0 aliphatic heterocycles. The van der Waals surface area contributed by atoms with E-state index in [1.165, 1.54) is 7.85 Å². The summed E-state index contributed by atoms with van der Waals surface area (Å²) in [5.41, 5.74) is 1.29. The van der Waals surface area contributed by atoms with E-state index in [0.717, 1.165) is 0 Å². The predicted molar refractivity (Wildman–Crippen MR) is 48.6 cm³/mol. The van der Waals surface area contributed by atoms with Crippen LogP contribution < -0.4 is 4.74 Å². The highest BCUT2D eigenvalue weighted by Crippen LogP contribution is 2.19. The average molecular weight is 175 g/mol. The van der Waals surface area contributed by atoms with Crippen LogP contribution in [0.15, 0.2) is 28.7 Å². The van der Waals surface area contributed by atoms with E-state index in [2.05, 4.69) is 9.72 Å². The van der Waals surface area contributed by atoms with E-state index in [0.29, 0.717) is 11.1 Å². The van der Waals surface area contributed by atoms with Crippen molar-refractivity contribution in [3.63, 3.8) is 0 Å². The van der Waals surface area contributed by atoms with Gasteiger partial charge in [-0.2, -0.15) is 4.98 Å². The number of ether oxygens (including phenoxy) is 1. The molecule has 0 N–H and O–H groups in total. The summed E-state index contributed by atoms with van der Waals surface area (Å²) in [7, 11) is 1.30. The van der Waals surface area contributed by atoms with Gasteiger partial charge < -0.3 is 9.15 Å². The van der Waals surface area contributed by atoms with Crippen molar-refractivity contribution in [2.24, 2.45) is 0 Å². The van der Waals surface area contributed by atoms with Crippen molar-refractivity contribution in [3.05, 3.63) is 24.3 Å². The number of carbonyl (C=O) groups excluding carboxylic acids is 1. The molecule has 2 aromatic rings. The van der Waals surface area contributed by atoms with Crippen LogP contribution in [0.2, 0.25) is 0 Å². The van der Waals surface area contributed by atoms with Gasteiger partial charge >= 0.3 is 6.08 Å². The summed E-state index contributed by atoms with van der Waals surface area (Å²) in [6, 6.07) is 7.20. The SMILES string of the molecule is BC(=O)Oc1nc2ccccc2o1. The van der Waals surface area contributed by atoms with Gasteiger partial charge in [-0.25, -0.2) is 0 Å². The lowest BCUT2D eigenvalue weighted by atomic mass is 10.2. The Bertz CT molecular complexity index is 418. The highest BCUT2D eigenvalue weighted by atomic mass is 16.6. The molecule has 1 aromatic heterocycles. The molecule has 0 aliphatic rings. The standard InChI is InChI=1S/C8H6BNO3/c9-7(11)13-8-10-5-3-1-2-4-6(5)12-8/h1-4H,9H2. The molecule has 4 nitrogen and oxygen atoms in total. The maximum absolute atomic E-state index is 10.6. The molecule has 0 fully saturated rings. The Kier molecular flexibility index (Phi) is 1.77. The number of para-hydroxylation sites is 2. The van der Waals surface area contributed by atoms with Gasteiger partial charge in [0.05, 0.1) is 0 Å². The number of carbonyl (C=O) groups is 1. The van der Waals surface area contributed by atoms with Gasteiger partial charge in [0.25, 0.3) is 5.87 Å². The number of fused-ring (bicyclic) bond motifs is 1. The molecular weight excluding hydrogens is 169 g/mol. The molecule has 1 heterocycles. The smallest absolute Gasteiger partial charge is 0.401 e. The lowest BCUT2D eigenvalue weighted by Gasteiger charge is -1.89. The summed E-state index contributed by atoms with van der Waals surface area (Å²) in [5.74, 6) is -0.438. The van der Waals surface area contributed by atoms with Crippen LogP contribution in [0.25, 0.3) is 11.1 Å². The molecule has 0 bridgehead atoms. The summed E-state index contributed by atoms with van der Waals surface area (Å²) in [6.45, 7) is 0. The Balaban J connectivity index is 2.44. The van der Waals surface area contributed by atoms with Crippen molar-refractivity contribution in [2.75, 3.05) is 0 Å². The molecule has 0 spiro atoms. The quantitative estimate of drug-likeness (QED) is 0.605. The molecule has 5 heteroatoms. The second-order valence-electron chi connectivity index (χ2n) is 2.54. The van der Waals surface area contributed by atoms with Crippen LogP contribution >= 0.6 is 0 Å². The van der Waals surface area contributed by atoms with E-state index >= 15 is 0 Å². The number of nitrogens with zero attached hydrogens (tertiary/aromatic N) is 1. The number of oxazole rings is 1. The van der Waals surface area contributed by atoms with Gasteiger partial charge in [0.15, 0.2) is 5.58 Å². The van der Waals surface area contributed by atoms with Crippen molar-refractivity contribution < 1.29 is 13.9 Å². The van der Waals surface area contributed by atoms with Gasteiger partial charge in [0.2, 0.25) is 7.85 Å². The van der Waals surface area contributed by atoms with E-state index in [1.54, 1.807) is 12.1 Å². The fourth-order valence-electron chi connectivity index (χ4n) is 1.02. The van der Waals surface area contributed by atoms with E-state index in [-0.39, 0.29) is 6.08 Å². The molecule has 0 atom stereocenters. The highest BCUT2D eigenvalue weighted by molar-refractivity contribution is 6.55. The maximum atomic E-state index is 10.6. The minimum atomic E-state index is -0.438. The third-order valence-corrected chi connectivity index (χ3v) is 1.51. The Morgan fingerprint density at radius 3 is 2.92 bits per heavy atom. The first-order valence-corrected chi connectivity index (χ1v) is 3.80. The van der Waals surface area contributed by atoms with Crippen molar-refractivity contribution in [1.29, 1.82) is 0 Å². The zero-order valence-electron chi connectivity index (χ0n) is 6.98. The Morgan fingerprint density at radius 1 is 1.46 bits per heavy atom. The van der Waals surface area contributed by atoms with Gasteiger partial charge in [-0.3, -0.25) is 4.79 Å². The first-order chi connectivity index (χ1) is 6.25. The molecule has 0 unspecified atom stereocenters. The van der Waals surface area contributed by atoms with Gasteiger partial charge in [-0.1, -0.05) is 12.1 Å². The van der Waals surface area contributed by atoms with Crippen molar-refractivity contribution >= 4 is 24.8 Å². The van der Waals surface area contributed by atoms with Crippen LogP contribution in [-0.2, 0) is 0 Å². The number of hydrogen-bond acceptors (Lipinski definition) is 4. The lowest BCUT2D eigenvalue weighted by molar-refractivity contribution is 0.211. The number of benzene rings is 1. The fourth-order valence-corrected chi connectivity index (χ4v) is 1.02. The van der Waals surface area contributed by atoms with E-state index in [9.17, 15) is 4.79 Å².